The van der Waals surface area contributed by atoms with Crippen LogP contribution < -0.4 is 5.32 Å². The molecule has 2 nitrogen and oxygen atoms in total. The van der Waals surface area contributed by atoms with E-state index in [1.54, 1.807) is 12.1 Å². The van der Waals surface area contributed by atoms with Crippen LogP contribution in [0.1, 0.15) is 12.5 Å². The first-order valence-electron chi connectivity index (χ1n) is 5.95. The second-order valence-corrected chi connectivity index (χ2v) is 5.39. The molecule has 0 spiro atoms. The SMILES string of the molecule is CC(CO)(Nc1ccccc1Cl)c1ccccc1Cl. The molecule has 100 valence electrons. The topological polar surface area (TPSA) is 32.3 Å². The van der Waals surface area contributed by atoms with E-state index in [0.29, 0.717) is 10.0 Å². The highest BCUT2D eigenvalue weighted by Crippen LogP contribution is 2.33. The first-order chi connectivity index (χ1) is 9.07. The first-order valence-corrected chi connectivity index (χ1v) is 6.71. The van der Waals surface area contributed by atoms with Gasteiger partial charge >= 0.3 is 0 Å². The number of nitrogens with one attached hydrogen (secondary N) is 1. The molecular weight excluding hydrogens is 281 g/mol. The molecule has 0 heterocycles. The van der Waals surface area contributed by atoms with Crippen molar-refractivity contribution < 1.29 is 5.11 Å². The van der Waals surface area contributed by atoms with Crippen LogP contribution in [0, 0.1) is 0 Å². The Morgan fingerprint density at radius 3 is 2.16 bits per heavy atom. The molecule has 0 aliphatic heterocycles. The van der Waals surface area contributed by atoms with E-state index in [9.17, 15) is 5.11 Å². The molecule has 0 fully saturated rings. The van der Waals surface area contributed by atoms with Crippen molar-refractivity contribution in [3.63, 3.8) is 0 Å². The fourth-order valence-electron chi connectivity index (χ4n) is 1.96. The van der Waals surface area contributed by atoms with Crippen LogP contribution in [-0.4, -0.2) is 11.7 Å². The molecule has 0 aliphatic carbocycles. The van der Waals surface area contributed by atoms with Crippen LogP contribution in [0.4, 0.5) is 5.69 Å². The van der Waals surface area contributed by atoms with Gasteiger partial charge in [-0.3, -0.25) is 0 Å². The summed E-state index contributed by atoms with van der Waals surface area (Å²) in [5, 5.41) is 14.2. The Hall–Kier alpha value is -1.22. The van der Waals surface area contributed by atoms with Crippen LogP contribution in [0.2, 0.25) is 10.0 Å². The van der Waals surface area contributed by atoms with E-state index in [-0.39, 0.29) is 6.61 Å². The Morgan fingerprint density at radius 2 is 1.58 bits per heavy atom. The fraction of sp³-hybridized carbons (Fsp3) is 0.200. The van der Waals surface area contributed by atoms with E-state index < -0.39 is 5.54 Å². The van der Waals surface area contributed by atoms with Gasteiger partial charge < -0.3 is 10.4 Å². The summed E-state index contributed by atoms with van der Waals surface area (Å²) in [5.74, 6) is 0. The monoisotopic (exact) mass is 295 g/mol. The number of rotatable bonds is 4. The highest BCUT2D eigenvalue weighted by Gasteiger charge is 2.28. The molecule has 0 saturated carbocycles. The number of hydrogen-bond donors (Lipinski definition) is 2. The lowest BCUT2D eigenvalue weighted by Crippen LogP contribution is -2.36. The first kappa shape index (κ1) is 14.2. The third-order valence-corrected chi connectivity index (χ3v) is 3.73. The maximum Gasteiger partial charge on any atom is 0.0843 e. The van der Waals surface area contributed by atoms with Gasteiger partial charge in [-0.1, -0.05) is 53.5 Å². The van der Waals surface area contributed by atoms with Gasteiger partial charge in [-0.05, 0) is 30.7 Å². The van der Waals surface area contributed by atoms with Crippen molar-refractivity contribution in [1.29, 1.82) is 0 Å². The summed E-state index contributed by atoms with van der Waals surface area (Å²) < 4.78 is 0. The highest BCUT2D eigenvalue weighted by atomic mass is 35.5. The van der Waals surface area contributed by atoms with Crippen molar-refractivity contribution in [1.82, 2.24) is 0 Å². The molecule has 0 saturated heterocycles. The van der Waals surface area contributed by atoms with Crippen molar-refractivity contribution in [3.05, 3.63) is 64.1 Å². The Kier molecular flexibility index (Phi) is 4.35. The number of hydrogen-bond acceptors (Lipinski definition) is 2. The van der Waals surface area contributed by atoms with Crippen LogP contribution in [0.25, 0.3) is 0 Å². The molecule has 2 aromatic rings. The second kappa shape index (κ2) is 5.83. The normalized spacial score (nSPS) is 13.9. The molecule has 2 N–H and O–H groups in total. The molecule has 0 aromatic heterocycles. The minimum absolute atomic E-state index is 0.0953. The van der Waals surface area contributed by atoms with Gasteiger partial charge in [-0.2, -0.15) is 0 Å². The zero-order chi connectivity index (χ0) is 13.9. The number of aliphatic hydroxyl groups is 1. The van der Waals surface area contributed by atoms with Gasteiger partial charge in [0.2, 0.25) is 0 Å². The summed E-state index contributed by atoms with van der Waals surface area (Å²) in [6, 6.07) is 14.9. The van der Waals surface area contributed by atoms with Gasteiger partial charge in [-0.15, -0.1) is 0 Å². The largest absolute Gasteiger partial charge is 0.394 e. The van der Waals surface area contributed by atoms with E-state index in [0.717, 1.165) is 11.3 Å². The lowest BCUT2D eigenvalue weighted by molar-refractivity contribution is 0.224. The van der Waals surface area contributed by atoms with Gasteiger partial charge in [0.15, 0.2) is 0 Å². The zero-order valence-electron chi connectivity index (χ0n) is 10.5. The highest BCUT2D eigenvalue weighted by molar-refractivity contribution is 6.33. The Labute approximate surface area is 123 Å². The third-order valence-electron chi connectivity index (χ3n) is 3.07. The summed E-state index contributed by atoms with van der Waals surface area (Å²) in [4.78, 5) is 0. The molecule has 4 heteroatoms. The van der Waals surface area contributed by atoms with Crippen LogP contribution >= 0.6 is 23.2 Å². The molecule has 2 rings (SSSR count). The van der Waals surface area contributed by atoms with Crippen LogP contribution in [0.5, 0.6) is 0 Å². The van der Waals surface area contributed by atoms with Crippen LogP contribution in [0.3, 0.4) is 0 Å². The predicted octanol–water partition coefficient (Wildman–Crippen LogP) is 4.31. The van der Waals surface area contributed by atoms with Crippen molar-refractivity contribution in [3.8, 4) is 0 Å². The summed E-state index contributed by atoms with van der Waals surface area (Å²) in [6.45, 7) is 1.79. The molecule has 19 heavy (non-hydrogen) atoms. The molecule has 2 aromatic carbocycles. The van der Waals surface area contributed by atoms with Crippen LogP contribution in [0.15, 0.2) is 48.5 Å². The van der Waals surface area contributed by atoms with Crippen molar-refractivity contribution >= 4 is 28.9 Å². The van der Waals surface area contributed by atoms with E-state index in [2.05, 4.69) is 5.32 Å². The zero-order valence-corrected chi connectivity index (χ0v) is 12.0. The lowest BCUT2D eigenvalue weighted by Gasteiger charge is -2.31. The standard InChI is InChI=1S/C15H15Cl2NO/c1-15(10-19,11-6-2-3-7-12(11)16)18-14-9-5-4-8-13(14)17/h2-9,18-19H,10H2,1H3. The Balaban J connectivity index is 2.39. The Morgan fingerprint density at radius 1 is 1.00 bits per heavy atom. The quantitative estimate of drug-likeness (QED) is 0.881. The van der Waals surface area contributed by atoms with Crippen molar-refractivity contribution in [2.24, 2.45) is 0 Å². The van der Waals surface area contributed by atoms with Gasteiger partial charge in [0.25, 0.3) is 0 Å². The third kappa shape index (κ3) is 3.03. The predicted molar refractivity (Wildman–Crippen MR) is 81.0 cm³/mol. The molecule has 0 amide bonds. The number of para-hydroxylation sites is 1. The Bertz CT molecular complexity index is 574. The minimum atomic E-state index is -0.691. The molecule has 0 bridgehead atoms. The van der Waals surface area contributed by atoms with Gasteiger partial charge in [0.05, 0.1) is 22.9 Å². The molecular formula is C15H15Cl2NO. The number of benzene rings is 2. The molecule has 0 radical (unpaired) electrons. The van der Waals surface area contributed by atoms with Crippen molar-refractivity contribution in [2.45, 2.75) is 12.5 Å². The van der Waals surface area contributed by atoms with E-state index >= 15 is 0 Å². The van der Waals surface area contributed by atoms with Crippen molar-refractivity contribution in [2.75, 3.05) is 11.9 Å². The fourth-order valence-corrected chi connectivity index (χ4v) is 2.49. The summed E-state index contributed by atoms with van der Waals surface area (Å²) in [5.41, 5.74) is 0.906. The minimum Gasteiger partial charge on any atom is -0.394 e. The van der Waals surface area contributed by atoms with Crippen LogP contribution in [-0.2, 0) is 5.54 Å². The molecule has 1 unspecified atom stereocenters. The summed E-state index contributed by atoms with van der Waals surface area (Å²) >= 11 is 12.3. The molecule has 0 aliphatic rings. The van der Waals surface area contributed by atoms with Gasteiger partial charge in [-0.25, -0.2) is 0 Å². The summed E-state index contributed by atoms with van der Waals surface area (Å²) in [7, 11) is 0. The second-order valence-electron chi connectivity index (χ2n) is 4.57. The maximum absolute atomic E-state index is 9.75. The number of aliphatic hydroxyl groups excluding tert-OH is 1. The number of halogens is 2. The lowest BCUT2D eigenvalue weighted by atomic mass is 9.92. The number of anilines is 1. The van der Waals surface area contributed by atoms with Gasteiger partial charge in [0.1, 0.15) is 0 Å². The van der Waals surface area contributed by atoms with E-state index in [1.807, 2.05) is 43.3 Å². The van der Waals surface area contributed by atoms with E-state index in [1.165, 1.54) is 0 Å². The average molecular weight is 296 g/mol. The molecule has 1 atom stereocenters. The smallest absolute Gasteiger partial charge is 0.0843 e. The average Bonchev–Trinajstić information content (AvgIpc) is 2.42. The maximum atomic E-state index is 9.75. The summed E-state index contributed by atoms with van der Waals surface area (Å²) in [6.07, 6.45) is 0. The van der Waals surface area contributed by atoms with E-state index in [4.69, 9.17) is 23.2 Å². The van der Waals surface area contributed by atoms with Gasteiger partial charge in [0, 0.05) is 5.02 Å².